The molecule has 2 aromatic rings. The smallest absolute Gasteiger partial charge is 0.269 e. The van der Waals surface area contributed by atoms with Crippen LogP contribution in [0.4, 0.5) is 5.69 Å². The molecule has 4 nitrogen and oxygen atoms in total. The number of non-ortho nitro benzene ring substituents is 1. The van der Waals surface area contributed by atoms with E-state index in [1.807, 2.05) is 12.1 Å². The van der Waals surface area contributed by atoms with Gasteiger partial charge in [0.25, 0.3) is 5.69 Å². The third-order valence-corrected chi connectivity index (χ3v) is 4.31. The van der Waals surface area contributed by atoms with Gasteiger partial charge in [0.1, 0.15) is 11.9 Å². The minimum atomic E-state index is -0.343. The molecule has 0 radical (unpaired) electrons. The first-order chi connectivity index (χ1) is 9.74. The predicted molar refractivity (Wildman–Crippen MR) is 74.0 cm³/mol. The molecule has 1 aliphatic carbocycles. The highest BCUT2D eigenvalue weighted by Gasteiger charge is 2.39. The highest BCUT2D eigenvalue weighted by Crippen LogP contribution is 2.52. The molecular formula is C16H13NO3. The van der Waals surface area contributed by atoms with Gasteiger partial charge in [0.15, 0.2) is 0 Å². The Bertz CT molecular complexity index is 711. The molecule has 0 saturated heterocycles. The van der Waals surface area contributed by atoms with Crippen LogP contribution in [0.25, 0.3) is 0 Å². The lowest BCUT2D eigenvalue weighted by Crippen LogP contribution is -2.18. The molecule has 2 atom stereocenters. The highest BCUT2D eigenvalue weighted by molar-refractivity contribution is 5.51. The molecule has 4 rings (SSSR count). The molecule has 0 bridgehead atoms. The van der Waals surface area contributed by atoms with Gasteiger partial charge in [-0.1, -0.05) is 24.3 Å². The molecule has 0 unspecified atom stereocenters. The van der Waals surface area contributed by atoms with E-state index in [-0.39, 0.29) is 22.6 Å². The molecule has 0 aromatic heterocycles. The Kier molecular flexibility index (Phi) is 2.33. The number of nitro groups is 1. The lowest BCUT2D eigenvalue weighted by molar-refractivity contribution is -0.384. The number of rotatable bonds is 1. The summed E-state index contributed by atoms with van der Waals surface area (Å²) in [4.78, 5) is 10.6. The Hall–Kier alpha value is -2.36. The molecular weight excluding hydrogens is 254 g/mol. The average molecular weight is 267 g/mol. The molecule has 0 amide bonds. The SMILES string of the molecule is O=[N+]([O-])c1ccc2c(c1)[C@H]1CCc3ccccc3[C@H]1O2. The Balaban J connectivity index is 1.80. The van der Waals surface area contributed by atoms with Crippen LogP contribution >= 0.6 is 0 Å². The van der Waals surface area contributed by atoms with E-state index in [0.29, 0.717) is 0 Å². The zero-order chi connectivity index (χ0) is 13.7. The fourth-order valence-corrected chi connectivity index (χ4v) is 3.37. The lowest BCUT2D eigenvalue weighted by atomic mass is 9.79. The van der Waals surface area contributed by atoms with Crippen molar-refractivity contribution in [1.29, 1.82) is 0 Å². The van der Waals surface area contributed by atoms with Crippen LogP contribution in [0, 0.1) is 10.1 Å². The molecule has 2 aliphatic rings. The third kappa shape index (κ3) is 1.54. The Morgan fingerprint density at radius 1 is 1.15 bits per heavy atom. The zero-order valence-electron chi connectivity index (χ0n) is 10.8. The number of hydrogen-bond acceptors (Lipinski definition) is 3. The summed E-state index contributed by atoms with van der Waals surface area (Å²) in [5.74, 6) is 1.03. The molecule has 1 heterocycles. The normalized spacial score (nSPS) is 22.4. The number of nitrogens with zero attached hydrogens (tertiary/aromatic N) is 1. The van der Waals surface area contributed by atoms with E-state index in [1.165, 1.54) is 17.2 Å². The van der Waals surface area contributed by atoms with Crippen LogP contribution in [-0.4, -0.2) is 4.92 Å². The molecule has 20 heavy (non-hydrogen) atoms. The van der Waals surface area contributed by atoms with Gasteiger partial charge < -0.3 is 4.74 Å². The molecule has 0 spiro atoms. The maximum Gasteiger partial charge on any atom is 0.269 e. The van der Waals surface area contributed by atoms with Crippen LogP contribution in [0.5, 0.6) is 5.75 Å². The van der Waals surface area contributed by atoms with E-state index in [9.17, 15) is 10.1 Å². The van der Waals surface area contributed by atoms with Crippen molar-refractivity contribution in [3.63, 3.8) is 0 Å². The third-order valence-electron chi connectivity index (χ3n) is 4.31. The standard InChI is InChI=1S/C16H13NO3/c18-17(19)11-6-8-15-14(9-11)13-7-5-10-3-1-2-4-12(10)16(13)20-15/h1-4,6,8-9,13,16H,5,7H2/t13-,16-/m1/s1. The van der Waals surface area contributed by atoms with Gasteiger partial charge in [0, 0.05) is 23.6 Å². The van der Waals surface area contributed by atoms with Crippen molar-refractivity contribution in [2.24, 2.45) is 0 Å². The number of benzene rings is 2. The Morgan fingerprint density at radius 2 is 2.00 bits per heavy atom. The molecule has 100 valence electrons. The second-order valence-corrected chi connectivity index (χ2v) is 5.36. The zero-order valence-corrected chi connectivity index (χ0v) is 10.8. The first-order valence-corrected chi connectivity index (χ1v) is 6.77. The van der Waals surface area contributed by atoms with Gasteiger partial charge in [-0.05, 0) is 30.0 Å². The van der Waals surface area contributed by atoms with Gasteiger partial charge in [-0.15, -0.1) is 0 Å². The Labute approximate surface area is 116 Å². The quantitative estimate of drug-likeness (QED) is 0.584. The van der Waals surface area contributed by atoms with E-state index >= 15 is 0 Å². The minimum Gasteiger partial charge on any atom is -0.485 e. The monoisotopic (exact) mass is 267 g/mol. The van der Waals surface area contributed by atoms with Gasteiger partial charge >= 0.3 is 0 Å². The molecule has 1 aliphatic heterocycles. The van der Waals surface area contributed by atoms with Gasteiger partial charge in [0.05, 0.1) is 4.92 Å². The van der Waals surface area contributed by atoms with Gasteiger partial charge in [-0.2, -0.15) is 0 Å². The lowest BCUT2D eigenvalue weighted by Gasteiger charge is -2.27. The molecule has 0 N–H and O–H groups in total. The summed E-state index contributed by atoms with van der Waals surface area (Å²) in [6, 6.07) is 13.2. The second kappa shape index (κ2) is 4.07. The number of ether oxygens (including phenoxy) is 1. The summed E-state index contributed by atoms with van der Waals surface area (Å²) in [7, 11) is 0. The molecule has 2 aromatic carbocycles. The molecule has 0 fully saturated rings. The summed E-state index contributed by atoms with van der Waals surface area (Å²) < 4.78 is 6.05. The van der Waals surface area contributed by atoms with Crippen molar-refractivity contribution in [2.45, 2.75) is 24.9 Å². The predicted octanol–water partition coefficient (Wildman–Crippen LogP) is 3.76. The highest BCUT2D eigenvalue weighted by atomic mass is 16.6. The summed E-state index contributed by atoms with van der Waals surface area (Å²) >= 11 is 0. The van der Waals surface area contributed by atoms with Gasteiger partial charge in [-0.25, -0.2) is 0 Å². The largest absolute Gasteiger partial charge is 0.485 e. The number of nitro benzene ring substituents is 1. The van der Waals surface area contributed by atoms with E-state index in [4.69, 9.17) is 4.74 Å². The Morgan fingerprint density at radius 3 is 2.85 bits per heavy atom. The van der Waals surface area contributed by atoms with Crippen LogP contribution in [0.3, 0.4) is 0 Å². The maximum absolute atomic E-state index is 10.9. The topological polar surface area (TPSA) is 52.4 Å². The first-order valence-electron chi connectivity index (χ1n) is 6.77. The van der Waals surface area contributed by atoms with Crippen LogP contribution < -0.4 is 4.74 Å². The number of hydrogen-bond donors (Lipinski definition) is 0. The van der Waals surface area contributed by atoms with Crippen LogP contribution in [-0.2, 0) is 6.42 Å². The van der Waals surface area contributed by atoms with Crippen molar-refractivity contribution >= 4 is 5.69 Å². The van der Waals surface area contributed by atoms with Gasteiger partial charge in [-0.3, -0.25) is 10.1 Å². The van der Waals surface area contributed by atoms with Crippen molar-refractivity contribution in [3.8, 4) is 5.75 Å². The fourth-order valence-electron chi connectivity index (χ4n) is 3.37. The van der Waals surface area contributed by atoms with Crippen molar-refractivity contribution < 1.29 is 9.66 Å². The maximum atomic E-state index is 10.9. The van der Waals surface area contributed by atoms with Gasteiger partial charge in [0.2, 0.25) is 0 Å². The number of fused-ring (bicyclic) bond motifs is 5. The van der Waals surface area contributed by atoms with Crippen LogP contribution in [0.2, 0.25) is 0 Å². The summed E-state index contributed by atoms with van der Waals surface area (Å²) in [6.45, 7) is 0. The van der Waals surface area contributed by atoms with Crippen molar-refractivity contribution in [1.82, 2.24) is 0 Å². The molecule has 0 saturated carbocycles. The van der Waals surface area contributed by atoms with Crippen LogP contribution in [0.15, 0.2) is 42.5 Å². The summed E-state index contributed by atoms with van der Waals surface area (Å²) in [5.41, 5.74) is 3.68. The molecule has 4 heteroatoms. The minimum absolute atomic E-state index is 0.0111. The first kappa shape index (κ1) is 11.5. The number of aryl methyl sites for hydroxylation is 1. The fraction of sp³-hybridized carbons (Fsp3) is 0.250. The van der Waals surface area contributed by atoms with Crippen molar-refractivity contribution in [2.75, 3.05) is 0 Å². The van der Waals surface area contributed by atoms with Crippen molar-refractivity contribution in [3.05, 3.63) is 69.3 Å². The summed E-state index contributed by atoms with van der Waals surface area (Å²) in [6.07, 6.45) is 2.00. The van der Waals surface area contributed by atoms with E-state index in [2.05, 4.69) is 12.1 Å². The van der Waals surface area contributed by atoms with Crippen LogP contribution in [0.1, 0.15) is 35.1 Å². The second-order valence-electron chi connectivity index (χ2n) is 5.36. The van der Waals surface area contributed by atoms with E-state index in [1.54, 1.807) is 12.1 Å². The van der Waals surface area contributed by atoms with E-state index in [0.717, 1.165) is 24.2 Å². The summed E-state index contributed by atoms with van der Waals surface area (Å²) in [5, 5.41) is 10.9. The van der Waals surface area contributed by atoms with E-state index < -0.39 is 0 Å². The average Bonchev–Trinajstić information content (AvgIpc) is 2.85.